The first kappa shape index (κ1) is 15.5. The van der Waals surface area contributed by atoms with Gasteiger partial charge >= 0.3 is 6.18 Å². The third-order valence-electron chi connectivity index (χ3n) is 2.97. The van der Waals surface area contributed by atoms with E-state index < -0.39 is 23.8 Å². The van der Waals surface area contributed by atoms with Crippen LogP contribution in [-0.2, 0) is 6.18 Å². The molecular weight excluding hydrogens is 255 g/mol. The first-order valence-electron chi connectivity index (χ1n) is 6.15. The Bertz CT molecular complexity index is 433. The van der Waals surface area contributed by atoms with E-state index in [1.807, 2.05) is 13.0 Å². The zero-order chi connectivity index (χ0) is 14.5. The number of hydrogen-bond acceptors (Lipinski definition) is 2. The second kappa shape index (κ2) is 6.58. The maximum absolute atomic E-state index is 12.4. The van der Waals surface area contributed by atoms with Gasteiger partial charge in [-0.1, -0.05) is 31.9 Å². The van der Waals surface area contributed by atoms with Crippen molar-refractivity contribution in [2.45, 2.75) is 44.4 Å². The van der Waals surface area contributed by atoms with Crippen molar-refractivity contribution in [2.24, 2.45) is 0 Å². The molecule has 5 heteroatoms. The third kappa shape index (κ3) is 4.25. The van der Waals surface area contributed by atoms with Crippen LogP contribution in [0.15, 0.2) is 24.3 Å². The summed E-state index contributed by atoms with van der Waals surface area (Å²) in [6.07, 6.45) is -3.10. The third-order valence-corrected chi connectivity index (χ3v) is 2.97. The summed E-state index contributed by atoms with van der Waals surface area (Å²) in [5.74, 6) is -0.783. The SMILES string of the molecule is CCCCC(O)C(C#N)c1ccc(C(F)(F)F)cc1. The van der Waals surface area contributed by atoms with Gasteiger partial charge in [-0.3, -0.25) is 0 Å². The predicted molar refractivity (Wildman–Crippen MR) is 65.3 cm³/mol. The smallest absolute Gasteiger partial charge is 0.391 e. The number of benzene rings is 1. The minimum atomic E-state index is -4.39. The molecule has 1 rings (SSSR count). The molecule has 0 spiro atoms. The van der Waals surface area contributed by atoms with Crippen molar-refractivity contribution in [3.05, 3.63) is 35.4 Å². The van der Waals surface area contributed by atoms with Crippen molar-refractivity contribution in [3.63, 3.8) is 0 Å². The number of unbranched alkanes of at least 4 members (excludes halogenated alkanes) is 1. The lowest BCUT2D eigenvalue weighted by Crippen LogP contribution is -2.17. The lowest BCUT2D eigenvalue weighted by atomic mass is 9.91. The van der Waals surface area contributed by atoms with E-state index in [1.54, 1.807) is 0 Å². The maximum atomic E-state index is 12.4. The Balaban J connectivity index is 2.86. The van der Waals surface area contributed by atoms with E-state index in [9.17, 15) is 18.3 Å². The van der Waals surface area contributed by atoms with E-state index in [1.165, 1.54) is 12.1 Å². The lowest BCUT2D eigenvalue weighted by Gasteiger charge is -2.17. The van der Waals surface area contributed by atoms with E-state index >= 15 is 0 Å². The fraction of sp³-hybridized carbons (Fsp3) is 0.500. The van der Waals surface area contributed by atoms with Crippen LogP contribution >= 0.6 is 0 Å². The Kier molecular flexibility index (Phi) is 5.37. The highest BCUT2D eigenvalue weighted by molar-refractivity contribution is 5.31. The van der Waals surface area contributed by atoms with Gasteiger partial charge in [-0.2, -0.15) is 18.4 Å². The number of halogens is 3. The van der Waals surface area contributed by atoms with Crippen LogP contribution in [0.3, 0.4) is 0 Å². The maximum Gasteiger partial charge on any atom is 0.416 e. The molecule has 0 aliphatic carbocycles. The van der Waals surface area contributed by atoms with Gasteiger partial charge in [0.2, 0.25) is 0 Å². The molecule has 104 valence electrons. The summed E-state index contributed by atoms with van der Waals surface area (Å²) in [6.45, 7) is 1.96. The van der Waals surface area contributed by atoms with E-state index in [4.69, 9.17) is 5.26 Å². The molecule has 2 nitrogen and oxygen atoms in total. The molecule has 2 unspecified atom stereocenters. The molecule has 1 aromatic rings. The number of nitriles is 1. The molecule has 0 aliphatic rings. The van der Waals surface area contributed by atoms with Crippen LogP contribution in [0.2, 0.25) is 0 Å². The zero-order valence-corrected chi connectivity index (χ0v) is 10.6. The molecule has 0 heterocycles. The molecule has 0 saturated heterocycles. The second-order valence-corrected chi connectivity index (χ2v) is 4.44. The summed E-state index contributed by atoms with van der Waals surface area (Å²) < 4.78 is 37.2. The highest BCUT2D eigenvalue weighted by Crippen LogP contribution is 2.31. The van der Waals surface area contributed by atoms with Gasteiger partial charge in [0.15, 0.2) is 0 Å². The molecule has 0 radical (unpaired) electrons. The molecule has 0 amide bonds. The van der Waals surface area contributed by atoms with Gasteiger partial charge in [-0.25, -0.2) is 0 Å². The molecule has 1 N–H and O–H groups in total. The van der Waals surface area contributed by atoms with Crippen molar-refractivity contribution in [2.75, 3.05) is 0 Å². The van der Waals surface area contributed by atoms with Crippen molar-refractivity contribution in [1.29, 1.82) is 5.26 Å². The number of alkyl halides is 3. The fourth-order valence-electron chi connectivity index (χ4n) is 1.84. The molecule has 0 aliphatic heterocycles. The number of hydrogen-bond donors (Lipinski definition) is 1. The lowest BCUT2D eigenvalue weighted by molar-refractivity contribution is -0.137. The zero-order valence-electron chi connectivity index (χ0n) is 10.6. The standard InChI is InChI=1S/C14H16F3NO/c1-2-3-4-13(19)12(9-18)10-5-7-11(8-6-10)14(15,16)17/h5-8,12-13,19H,2-4H2,1H3. The fourth-order valence-corrected chi connectivity index (χ4v) is 1.84. The Morgan fingerprint density at radius 3 is 2.26 bits per heavy atom. The van der Waals surface area contributed by atoms with Crippen molar-refractivity contribution >= 4 is 0 Å². The van der Waals surface area contributed by atoms with Gasteiger partial charge in [0.25, 0.3) is 0 Å². The van der Waals surface area contributed by atoms with Gasteiger partial charge < -0.3 is 5.11 Å². The molecule has 0 fully saturated rings. The van der Waals surface area contributed by atoms with E-state index in [0.717, 1.165) is 25.0 Å². The first-order valence-corrected chi connectivity index (χ1v) is 6.15. The van der Waals surface area contributed by atoms with Gasteiger partial charge in [-0.15, -0.1) is 0 Å². The van der Waals surface area contributed by atoms with Crippen molar-refractivity contribution < 1.29 is 18.3 Å². The predicted octanol–water partition coefficient (Wildman–Crippen LogP) is 3.86. The highest BCUT2D eigenvalue weighted by atomic mass is 19.4. The largest absolute Gasteiger partial charge is 0.416 e. The minimum Gasteiger partial charge on any atom is -0.391 e. The van der Waals surface area contributed by atoms with Crippen LogP contribution in [0.25, 0.3) is 0 Å². The van der Waals surface area contributed by atoms with Crippen LogP contribution in [0.1, 0.15) is 43.2 Å². The van der Waals surface area contributed by atoms with Gasteiger partial charge in [0.05, 0.1) is 23.7 Å². The molecule has 0 saturated carbocycles. The van der Waals surface area contributed by atoms with Gasteiger partial charge in [0.1, 0.15) is 0 Å². The Morgan fingerprint density at radius 2 is 1.84 bits per heavy atom. The average molecular weight is 271 g/mol. The van der Waals surface area contributed by atoms with E-state index in [0.29, 0.717) is 12.0 Å². The Morgan fingerprint density at radius 1 is 1.26 bits per heavy atom. The number of nitrogens with zero attached hydrogens (tertiary/aromatic N) is 1. The highest BCUT2D eigenvalue weighted by Gasteiger charge is 2.30. The Labute approximate surface area is 110 Å². The number of rotatable bonds is 5. The summed E-state index contributed by atoms with van der Waals surface area (Å²) in [4.78, 5) is 0. The molecule has 0 aromatic heterocycles. The van der Waals surface area contributed by atoms with Crippen molar-refractivity contribution in [1.82, 2.24) is 0 Å². The van der Waals surface area contributed by atoms with Crippen LogP contribution in [0, 0.1) is 11.3 Å². The van der Waals surface area contributed by atoms with E-state index in [-0.39, 0.29) is 0 Å². The van der Waals surface area contributed by atoms with Crippen LogP contribution in [0.5, 0.6) is 0 Å². The number of aliphatic hydroxyl groups excluding tert-OH is 1. The molecule has 1 aromatic carbocycles. The van der Waals surface area contributed by atoms with E-state index in [2.05, 4.69) is 0 Å². The second-order valence-electron chi connectivity index (χ2n) is 4.44. The summed E-state index contributed by atoms with van der Waals surface area (Å²) in [7, 11) is 0. The van der Waals surface area contributed by atoms with Gasteiger partial charge in [0, 0.05) is 0 Å². The summed E-state index contributed by atoms with van der Waals surface area (Å²) in [5, 5.41) is 18.9. The topological polar surface area (TPSA) is 44.0 Å². The summed E-state index contributed by atoms with van der Waals surface area (Å²) in [6, 6.07) is 6.34. The molecule has 0 bridgehead atoms. The normalized spacial score (nSPS) is 14.7. The first-order chi connectivity index (χ1) is 8.90. The average Bonchev–Trinajstić information content (AvgIpc) is 2.37. The molecule has 2 atom stereocenters. The Hall–Kier alpha value is -1.54. The summed E-state index contributed by atoms with van der Waals surface area (Å²) in [5.41, 5.74) is -0.338. The minimum absolute atomic E-state index is 0.416. The number of aliphatic hydroxyl groups is 1. The van der Waals surface area contributed by atoms with Crippen molar-refractivity contribution in [3.8, 4) is 6.07 Å². The van der Waals surface area contributed by atoms with Crippen LogP contribution in [-0.4, -0.2) is 11.2 Å². The monoisotopic (exact) mass is 271 g/mol. The molecular formula is C14H16F3NO. The summed E-state index contributed by atoms with van der Waals surface area (Å²) >= 11 is 0. The van der Waals surface area contributed by atoms with Crippen LogP contribution in [0.4, 0.5) is 13.2 Å². The quantitative estimate of drug-likeness (QED) is 0.883. The van der Waals surface area contributed by atoms with Crippen LogP contribution < -0.4 is 0 Å². The molecule has 19 heavy (non-hydrogen) atoms. The van der Waals surface area contributed by atoms with Gasteiger partial charge in [-0.05, 0) is 24.1 Å².